The molecule has 2 N–H and O–H groups in total. The molecule has 3 aromatic rings. The number of amides is 2. The zero-order chi connectivity index (χ0) is 26.4. The molecular formula is C28H31N3O5S. The van der Waals surface area contributed by atoms with Gasteiger partial charge in [0.25, 0.3) is 0 Å². The standard InChI is InChI=1S/C28H31N3O5S/c1-3-27(32)31-16-15-22-18-24(13-14-26(22)31)37(34,35)30-25(17-20-7-5-4-6-8-20)28(33)29-19-21-9-11-23(36-2)12-10-21/h4-14,18,25,30H,3,15-17,19H2,1-2H3,(H,29,33). The van der Waals surface area contributed by atoms with Gasteiger partial charge in [-0.05, 0) is 59.9 Å². The molecule has 1 heterocycles. The normalized spacial score (nSPS) is 13.6. The van der Waals surface area contributed by atoms with Crippen LogP contribution in [0.2, 0.25) is 0 Å². The SMILES string of the molecule is CCC(=O)N1CCc2cc(S(=O)(=O)NC(Cc3ccccc3)C(=O)NCc3ccc(OC)cc3)ccc21. The van der Waals surface area contributed by atoms with Crippen LogP contribution in [0.15, 0.2) is 77.7 Å². The van der Waals surface area contributed by atoms with Crippen LogP contribution in [0.4, 0.5) is 5.69 Å². The van der Waals surface area contributed by atoms with Gasteiger partial charge in [-0.25, -0.2) is 8.42 Å². The van der Waals surface area contributed by atoms with Crippen molar-refractivity contribution < 1.29 is 22.7 Å². The Balaban J connectivity index is 1.52. The Morgan fingerprint density at radius 1 is 1.00 bits per heavy atom. The first kappa shape index (κ1) is 26.4. The van der Waals surface area contributed by atoms with Gasteiger partial charge in [0.05, 0.1) is 12.0 Å². The smallest absolute Gasteiger partial charge is 0.241 e. The second-order valence-corrected chi connectivity index (χ2v) is 10.6. The zero-order valence-corrected chi connectivity index (χ0v) is 21.8. The minimum Gasteiger partial charge on any atom is -0.497 e. The minimum atomic E-state index is -4.01. The van der Waals surface area contributed by atoms with Gasteiger partial charge >= 0.3 is 0 Å². The summed E-state index contributed by atoms with van der Waals surface area (Å²) in [6.07, 6.45) is 1.16. The fourth-order valence-corrected chi connectivity index (χ4v) is 5.59. The third-order valence-corrected chi connectivity index (χ3v) is 7.85. The van der Waals surface area contributed by atoms with Crippen LogP contribution in [0.1, 0.15) is 30.0 Å². The summed E-state index contributed by atoms with van der Waals surface area (Å²) < 4.78 is 34.5. The number of nitrogens with zero attached hydrogens (tertiary/aromatic N) is 1. The van der Waals surface area contributed by atoms with Crippen molar-refractivity contribution in [2.24, 2.45) is 0 Å². The topological polar surface area (TPSA) is 105 Å². The highest BCUT2D eigenvalue weighted by molar-refractivity contribution is 7.89. The van der Waals surface area contributed by atoms with Crippen molar-refractivity contribution in [2.45, 2.75) is 43.7 Å². The number of ether oxygens (including phenoxy) is 1. The summed E-state index contributed by atoms with van der Waals surface area (Å²) in [5, 5.41) is 2.85. The molecule has 0 aliphatic carbocycles. The molecule has 3 aromatic carbocycles. The van der Waals surface area contributed by atoms with Crippen LogP contribution in [0.3, 0.4) is 0 Å². The van der Waals surface area contributed by atoms with Gasteiger partial charge in [0.1, 0.15) is 11.8 Å². The lowest BCUT2D eigenvalue weighted by atomic mass is 10.1. The number of carbonyl (C=O) groups excluding carboxylic acids is 2. The van der Waals surface area contributed by atoms with E-state index < -0.39 is 22.0 Å². The van der Waals surface area contributed by atoms with Gasteiger partial charge in [0.2, 0.25) is 21.8 Å². The van der Waals surface area contributed by atoms with E-state index in [1.807, 2.05) is 42.5 Å². The Morgan fingerprint density at radius 3 is 2.41 bits per heavy atom. The molecule has 0 saturated carbocycles. The van der Waals surface area contributed by atoms with E-state index >= 15 is 0 Å². The van der Waals surface area contributed by atoms with E-state index in [1.165, 1.54) is 6.07 Å². The first-order valence-electron chi connectivity index (χ1n) is 12.2. The third-order valence-electron chi connectivity index (χ3n) is 6.38. The molecule has 194 valence electrons. The van der Waals surface area contributed by atoms with Crippen LogP contribution in [-0.4, -0.2) is 39.9 Å². The van der Waals surface area contributed by atoms with Crippen molar-refractivity contribution in [3.8, 4) is 5.75 Å². The van der Waals surface area contributed by atoms with Gasteiger partial charge in [-0.1, -0.05) is 49.4 Å². The summed E-state index contributed by atoms with van der Waals surface area (Å²) in [6.45, 7) is 2.58. The Hall–Kier alpha value is -3.69. The van der Waals surface area contributed by atoms with Crippen LogP contribution >= 0.6 is 0 Å². The predicted octanol–water partition coefficient (Wildman–Crippen LogP) is 3.20. The van der Waals surface area contributed by atoms with Gasteiger partial charge in [-0.2, -0.15) is 4.72 Å². The van der Waals surface area contributed by atoms with Gasteiger partial charge in [0, 0.05) is 25.2 Å². The quantitative estimate of drug-likeness (QED) is 0.426. The lowest BCUT2D eigenvalue weighted by Crippen LogP contribution is -2.47. The zero-order valence-electron chi connectivity index (χ0n) is 20.9. The summed E-state index contributed by atoms with van der Waals surface area (Å²) in [5.74, 6) is 0.286. The minimum absolute atomic E-state index is 0.00365. The Kier molecular flexibility index (Phi) is 8.25. The number of nitrogens with one attached hydrogen (secondary N) is 2. The second-order valence-electron chi connectivity index (χ2n) is 8.87. The molecule has 1 unspecified atom stereocenters. The number of anilines is 1. The molecule has 0 fully saturated rings. The lowest BCUT2D eigenvalue weighted by Gasteiger charge is -2.20. The van der Waals surface area contributed by atoms with Crippen LogP contribution in [0.5, 0.6) is 5.75 Å². The van der Waals surface area contributed by atoms with E-state index in [0.29, 0.717) is 25.1 Å². The number of carbonyl (C=O) groups is 2. The number of fused-ring (bicyclic) bond motifs is 1. The first-order valence-corrected chi connectivity index (χ1v) is 13.7. The van der Waals surface area contributed by atoms with Crippen molar-refractivity contribution in [1.29, 1.82) is 0 Å². The largest absolute Gasteiger partial charge is 0.497 e. The number of benzene rings is 3. The van der Waals surface area contributed by atoms with E-state index in [2.05, 4.69) is 10.0 Å². The summed E-state index contributed by atoms with van der Waals surface area (Å²) in [5.41, 5.74) is 3.23. The maximum Gasteiger partial charge on any atom is 0.241 e. The van der Waals surface area contributed by atoms with Crippen molar-refractivity contribution in [3.63, 3.8) is 0 Å². The van der Waals surface area contributed by atoms with Crippen LogP contribution in [0.25, 0.3) is 0 Å². The van der Waals surface area contributed by atoms with Crippen LogP contribution < -0.4 is 19.7 Å². The summed E-state index contributed by atoms with van der Waals surface area (Å²) in [7, 11) is -2.43. The van der Waals surface area contributed by atoms with Crippen LogP contribution in [0, 0.1) is 0 Å². The van der Waals surface area contributed by atoms with E-state index in [9.17, 15) is 18.0 Å². The highest BCUT2D eigenvalue weighted by atomic mass is 32.2. The van der Waals surface area contributed by atoms with E-state index in [-0.39, 0.29) is 23.8 Å². The fourth-order valence-electron chi connectivity index (χ4n) is 4.34. The monoisotopic (exact) mass is 521 g/mol. The molecule has 1 aliphatic rings. The van der Waals surface area contributed by atoms with Gasteiger partial charge < -0.3 is 15.0 Å². The molecule has 9 heteroatoms. The number of rotatable bonds is 10. The molecule has 2 amide bonds. The van der Waals surface area contributed by atoms with Gasteiger partial charge in [-0.15, -0.1) is 0 Å². The fraction of sp³-hybridized carbons (Fsp3) is 0.286. The van der Waals surface area contributed by atoms with Gasteiger partial charge in [0.15, 0.2) is 0 Å². The highest BCUT2D eigenvalue weighted by Gasteiger charge is 2.29. The van der Waals surface area contributed by atoms with E-state index in [1.54, 1.807) is 43.2 Å². The molecule has 8 nitrogen and oxygen atoms in total. The predicted molar refractivity (Wildman–Crippen MR) is 142 cm³/mol. The summed E-state index contributed by atoms with van der Waals surface area (Å²) in [4.78, 5) is 27.1. The number of sulfonamides is 1. The molecule has 37 heavy (non-hydrogen) atoms. The molecule has 0 bridgehead atoms. The average molecular weight is 522 g/mol. The molecule has 1 aliphatic heterocycles. The highest BCUT2D eigenvalue weighted by Crippen LogP contribution is 2.30. The molecule has 0 radical (unpaired) electrons. The van der Waals surface area contributed by atoms with Crippen molar-refractivity contribution >= 4 is 27.5 Å². The molecule has 0 aromatic heterocycles. The number of hydrogen-bond donors (Lipinski definition) is 2. The molecule has 4 rings (SSSR count). The first-order chi connectivity index (χ1) is 17.8. The molecule has 0 spiro atoms. The summed E-state index contributed by atoms with van der Waals surface area (Å²) >= 11 is 0. The molecular weight excluding hydrogens is 490 g/mol. The number of hydrogen-bond acceptors (Lipinski definition) is 5. The van der Waals surface area contributed by atoms with E-state index in [4.69, 9.17) is 4.74 Å². The second kappa shape index (κ2) is 11.6. The van der Waals surface area contributed by atoms with Crippen LogP contribution in [-0.2, 0) is 39.0 Å². The Labute approximate surface area is 217 Å². The van der Waals surface area contributed by atoms with Crippen molar-refractivity contribution in [3.05, 3.63) is 89.5 Å². The molecule has 1 atom stereocenters. The van der Waals surface area contributed by atoms with Crippen molar-refractivity contribution in [2.75, 3.05) is 18.6 Å². The number of methoxy groups -OCH3 is 1. The Bertz CT molecular complexity index is 1360. The average Bonchev–Trinajstić information content (AvgIpc) is 3.35. The maximum absolute atomic E-state index is 13.4. The van der Waals surface area contributed by atoms with Crippen molar-refractivity contribution in [1.82, 2.24) is 10.0 Å². The third kappa shape index (κ3) is 6.36. The summed E-state index contributed by atoms with van der Waals surface area (Å²) in [6, 6.07) is 20.3. The molecule has 0 saturated heterocycles. The Morgan fingerprint density at radius 2 is 1.73 bits per heavy atom. The van der Waals surface area contributed by atoms with E-state index in [0.717, 1.165) is 22.4 Å². The lowest BCUT2D eigenvalue weighted by molar-refractivity contribution is -0.123. The maximum atomic E-state index is 13.4. The van der Waals surface area contributed by atoms with Gasteiger partial charge in [-0.3, -0.25) is 9.59 Å².